The lowest BCUT2D eigenvalue weighted by Gasteiger charge is -2.00. The van der Waals surface area contributed by atoms with E-state index < -0.39 is 0 Å². The summed E-state index contributed by atoms with van der Waals surface area (Å²) in [5, 5.41) is 7.04. The largest absolute Gasteiger partial charge is 0.328 e. The normalized spacial score (nSPS) is 13.6. The van der Waals surface area contributed by atoms with Crippen molar-refractivity contribution >= 4 is 0 Å². The van der Waals surface area contributed by atoms with Crippen LogP contribution in [-0.4, -0.2) is 21.2 Å². The summed E-state index contributed by atoms with van der Waals surface area (Å²) in [5.74, 6) is 2.22. The summed E-state index contributed by atoms with van der Waals surface area (Å²) in [4.78, 5) is 4.36. The quantitative estimate of drug-likeness (QED) is 0.735. The molecular formula is C9H18N4. The van der Waals surface area contributed by atoms with E-state index in [2.05, 4.69) is 29.0 Å². The number of hydrogen-bond acceptors (Lipinski definition) is 3. The molecule has 0 aliphatic carbocycles. The molecule has 4 heteroatoms. The van der Waals surface area contributed by atoms with Crippen LogP contribution in [0.4, 0.5) is 0 Å². The molecule has 3 N–H and O–H groups in total. The highest BCUT2D eigenvalue weighted by molar-refractivity contribution is 4.95. The van der Waals surface area contributed by atoms with Gasteiger partial charge in [0.25, 0.3) is 0 Å². The fourth-order valence-corrected chi connectivity index (χ4v) is 1.04. The summed E-state index contributed by atoms with van der Waals surface area (Å²) < 4.78 is 0. The third-order valence-electron chi connectivity index (χ3n) is 1.90. The van der Waals surface area contributed by atoms with Crippen molar-refractivity contribution in [1.29, 1.82) is 0 Å². The van der Waals surface area contributed by atoms with E-state index in [9.17, 15) is 0 Å². The Labute approximate surface area is 78.9 Å². The molecule has 1 aromatic rings. The molecule has 0 aliphatic rings. The lowest BCUT2D eigenvalue weighted by Crippen LogP contribution is -2.15. The first-order valence-electron chi connectivity index (χ1n) is 4.76. The van der Waals surface area contributed by atoms with E-state index in [1.54, 1.807) is 0 Å². The molecule has 1 rings (SSSR count). The maximum absolute atomic E-state index is 5.64. The molecule has 0 saturated heterocycles. The second kappa shape index (κ2) is 4.37. The van der Waals surface area contributed by atoms with E-state index in [4.69, 9.17) is 5.73 Å². The zero-order valence-electron chi connectivity index (χ0n) is 8.54. The van der Waals surface area contributed by atoms with Gasteiger partial charge in [0, 0.05) is 18.4 Å². The molecular weight excluding hydrogens is 164 g/mol. The lowest BCUT2D eigenvalue weighted by molar-refractivity contribution is 0.649. The predicted molar refractivity (Wildman–Crippen MR) is 52.4 cm³/mol. The Morgan fingerprint density at radius 2 is 2.08 bits per heavy atom. The van der Waals surface area contributed by atoms with Crippen LogP contribution < -0.4 is 5.73 Å². The fraction of sp³-hybridized carbons (Fsp3) is 0.778. The van der Waals surface area contributed by atoms with Gasteiger partial charge in [-0.15, -0.1) is 0 Å². The van der Waals surface area contributed by atoms with Gasteiger partial charge in [0.15, 0.2) is 5.82 Å². The summed E-state index contributed by atoms with van der Waals surface area (Å²) in [5.41, 5.74) is 5.64. The molecule has 1 unspecified atom stereocenters. The van der Waals surface area contributed by atoms with Gasteiger partial charge in [0.05, 0.1) is 0 Å². The molecule has 0 amide bonds. The van der Waals surface area contributed by atoms with Gasteiger partial charge < -0.3 is 5.73 Å². The maximum atomic E-state index is 5.64. The van der Waals surface area contributed by atoms with Crippen LogP contribution in [0.3, 0.4) is 0 Å². The Kier molecular flexibility index (Phi) is 3.42. The smallest absolute Gasteiger partial charge is 0.153 e. The first-order valence-corrected chi connectivity index (χ1v) is 4.76. The van der Waals surface area contributed by atoms with Crippen molar-refractivity contribution in [2.24, 2.45) is 5.73 Å². The van der Waals surface area contributed by atoms with Crippen LogP contribution in [0.5, 0.6) is 0 Å². The van der Waals surface area contributed by atoms with E-state index in [0.29, 0.717) is 5.92 Å². The number of aromatic nitrogens is 3. The Balaban J connectivity index is 2.49. The minimum absolute atomic E-state index is 0.229. The van der Waals surface area contributed by atoms with E-state index in [1.165, 1.54) is 0 Å². The minimum atomic E-state index is 0.229. The summed E-state index contributed by atoms with van der Waals surface area (Å²) in [6.45, 7) is 6.16. The molecule has 0 radical (unpaired) electrons. The molecule has 0 aromatic carbocycles. The van der Waals surface area contributed by atoms with Crippen molar-refractivity contribution in [3.63, 3.8) is 0 Å². The monoisotopic (exact) mass is 182 g/mol. The van der Waals surface area contributed by atoms with Crippen molar-refractivity contribution < 1.29 is 0 Å². The van der Waals surface area contributed by atoms with Gasteiger partial charge in [-0.2, -0.15) is 5.10 Å². The molecule has 1 aromatic heterocycles. The molecule has 13 heavy (non-hydrogen) atoms. The van der Waals surface area contributed by atoms with E-state index >= 15 is 0 Å². The van der Waals surface area contributed by atoms with Crippen LogP contribution in [0.25, 0.3) is 0 Å². The van der Waals surface area contributed by atoms with Crippen molar-refractivity contribution in [2.45, 2.75) is 45.6 Å². The maximum Gasteiger partial charge on any atom is 0.153 e. The van der Waals surface area contributed by atoms with Gasteiger partial charge >= 0.3 is 0 Å². The number of nitrogens with two attached hydrogens (primary N) is 1. The van der Waals surface area contributed by atoms with Crippen LogP contribution >= 0.6 is 0 Å². The van der Waals surface area contributed by atoms with Gasteiger partial charge in [0.1, 0.15) is 5.82 Å². The van der Waals surface area contributed by atoms with Crippen LogP contribution in [0.15, 0.2) is 0 Å². The molecule has 0 fully saturated rings. The molecule has 74 valence electrons. The van der Waals surface area contributed by atoms with Crippen LogP contribution in [0, 0.1) is 0 Å². The second-order valence-electron chi connectivity index (χ2n) is 3.81. The number of aromatic amines is 1. The predicted octanol–water partition coefficient (Wildman–Crippen LogP) is 1.21. The Morgan fingerprint density at radius 1 is 1.38 bits per heavy atom. The highest BCUT2D eigenvalue weighted by atomic mass is 15.2. The topological polar surface area (TPSA) is 67.6 Å². The van der Waals surface area contributed by atoms with E-state index in [0.717, 1.165) is 24.5 Å². The van der Waals surface area contributed by atoms with Crippen molar-refractivity contribution in [3.05, 3.63) is 11.6 Å². The summed E-state index contributed by atoms with van der Waals surface area (Å²) >= 11 is 0. The number of nitrogens with zero attached hydrogens (tertiary/aromatic N) is 2. The Hall–Kier alpha value is -0.900. The standard InChI is InChI=1S/C9H18N4/c1-6(2)9-11-8(12-13-9)5-4-7(3)10/h6-7H,4-5,10H2,1-3H3,(H,11,12,13). The first kappa shape index (κ1) is 10.2. The zero-order valence-corrected chi connectivity index (χ0v) is 8.54. The highest BCUT2D eigenvalue weighted by Gasteiger charge is 2.06. The number of H-pyrrole nitrogens is 1. The average molecular weight is 182 g/mol. The SMILES string of the molecule is CC(N)CCc1nc(C(C)C)n[nH]1. The number of aryl methyl sites for hydroxylation is 1. The van der Waals surface area contributed by atoms with E-state index in [1.807, 2.05) is 6.92 Å². The van der Waals surface area contributed by atoms with Gasteiger partial charge in [-0.25, -0.2) is 4.98 Å². The Bertz CT molecular complexity index is 252. The average Bonchev–Trinajstić information content (AvgIpc) is 2.48. The van der Waals surface area contributed by atoms with Gasteiger partial charge in [-0.1, -0.05) is 13.8 Å². The van der Waals surface area contributed by atoms with Crippen molar-refractivity contribution in [2.75, 3.05) is 0 Å². The number of hydrogen-bond donors (Lipinski definition) is 2. The molecule has 0 spiro atoms. The number of rotatable bonds is 4. The third-order valence-corrected chi connectivity index (χ3v) is 1.90. The van der Waals surface area contributed by atoms with Gasteiger partial charge in [-0.05, 0) is 13.3 Å². The van der Waals surface area contributed by atoms with Crippen LogP contribution in [0.2, 0.25) is 0 Å². The molecule has 0 aliphatic heterocycles. The Morgan fingerprint density at radius 3 is 2.54 bits per heavy atom. The van der Waals surface area contributed by atoms with Gasteiger partial charge in [-0.3, -0.25) is 5.10 Å². The first-order chi connectivity index (χ1) is 6.09. The molecule has 4 nitrogen and oxygen atoms in total. The lowest BCUT2D eigenvalue weighted by atomic mass is 10.2. The minimum Gasteiger partial charge on any atom is -0.328 e. The van der Waals surface area contributed by atoms with Crippen molar-refractivity contribution in [3.8, 4) is 0 Å². The van der Waals surface area contributed by atoms with Crippen molar-refractivity contribution in [1.82, 2.24) is 15.2 Å². The third kappa shape index (κ3) is 3.14. The summed E-state index contributed by atoms with van der Waals surface area (Å²) in [6, 6.07) is 0.229. The van der Waals surface area contributed by atoms with Crippen LogP contribution in [-0.2, 0) is 6.42 Å². The summed E-state index contributed by atoms with van der Waals surface area (Å²) in [6.07, 6.45) is 1.84. The van der Waals surface area contributed by atoms with Gasteiger partial charge in [0.2, 0.25) is 0 Å². The molecule has 1 heterocycles. The zero-order chi connectivity index (χ0) is 9.84. The number of nitrogens with one attached hydrogen (secondary N) is 1. The second-order valence-corrected chi connectivity index (χ2v) is 3.81. The fourth-order valence-electron chi connectivity index (χ4n) is 1.04. The highest BCUT2D eigenvalue weighted by Crippen LogP contribution is 2.08. The van der Waals surface area contributed by atoms with E-state index in [-0.39, 0.29) is 6.04 Å². The van der Waals surface area contributed by atoms with Crippen LogP contribution in [0.1, 0.15) is 44.8 Å². The summed E-state index contributed by atoms with van der Waals surface area (Å²) in [7, 11) is 0. The molecule has 0 saturated carbocycles. The molecule has 1 atom stereocenters. The molecule has 0 bridgehead atoms.